The number of hydrogen-bond donors (Lipinski definition) is 4. The molecule has 0 unspecified atom stereocenters. The maximum atomic E-state index is 12.2. The molecule has 2 aromatic carbocycles. The molecule has 0 aliphatic carbocycles. The van der Waals surface area contributed by atoms with Gasteiger partial charge in [0.15, 0.2) is 17.4 Å². The number of carbonyl (C=O) groups is 2. The molecule has 0 bridgehead atoms. The first-order valence-corrected chi connectivity index (χ1v) is 8.62. The first kappa shape index (κ1) is 19.1. The standard InChI is InChI=1S/C19H17ClN6O2/c1-11(27)12-4-3-7-15(9-12)24-17-16(21)18(23-10-22-17)25-26-19(28)13-5-2-6-14(20)8-13/h2-10H,21H2,1H3,(H,26,28)(H2,22,23,24,25). The number of benzene rings is 2. The highest BCUT2D eigenvalue weighted by atomic mass is 35.5. The monoisotopic (exact) mass is 396 g/mol. The average Bonchev–Trinajstić information content (AvgIpc) is 2.68. The number of Topliss-reactive ketones (excluding diaryl/α,β-unsaturated/α-hetero) is 1. The second kappa shape index (κ2) is 8.36. The van der Waals surface area contributed by atoms with E-state index in [1.165, 1.54) is 19.3 Å². The van der Waals surface area contributed by atoms with Gasteiger partial charge in [-0.1, -0.05) is 29.8 Å². The Morgan fingerprint density at radius 2 is 1.71 bits per heavy atom. The Morgan fingerprint density at radius 1 is 1.00 bits per heavy atom. The van der Waals surface area contributed by atoms with Crippen molar-refractivity contribution in [2.45, 2.75) is 6.92 Å². The summed E-state index contributed by atoms with van der Waals surface area (Å²) in [6.45, 7) is 1.49. The van der Waals surface area contributed by atoms with Crippen LogP contribution >= 0.6 is 11.6 Å². The van der Waals surface area contributed by atoms with Crippen molar-refractivity contribution in [3.8, 4) is 0 Å². The van der Waals surface area contributed by atoms with E-state index in [4.69, 9.17) is 17.3 Å². The Kier molecular flexibility index (Phi) is 5.71. The van der Waals surface area contributed by atoms with E-state index in [0.717, 1.165) is 0 Å². The smallest absolute Gasteiger partial charge is 0.269 e. The molecule has 0 spiro atoms. The molecule has 3 rings (SSSR count). The summed E-state index contributed by atoms with van der Waals surface area (Å²) < 4.78 is 0. The number of amides is 1. The molecule has 0 radical (unpaired) electrons. The number of rotatable bonds is 6. The number of anilines is 4. The number of nitrogen functional groups attached to an aromatic ring is 1. The van der Waals surface area contributed by atoms with Crippen molar-refractivity contribution in [1.29, 1.82) is 0 Å². The normalized spacial score (nSPS) is 10.2. The lowest BCUT2D eigenvalue weighted by Gasteiger charge is -2.13. The molecule has 1 heterocycles. The fourth-order valence-corrected chi connectivity index (χ4v) is 2.56. The van der Waals surface area contributed by atoms with Gasteiger partial charge in [-0.2, -0.15) is 0 Å². The van der Waals surface area contributed by atoms with E-state index in [2.05, 4.69) is 26.1 Å². The van der Waals surface area contributed by atoms with Crippen LogP contribution in [0.3, 0.4) is 0 Å². The summed E-state index contributed by atoms with van der Waals surface area (Å²) in [5.74, 6) is 0.0976. The van der Waals surface area contributed by atoms with Gasteiger partial charge in [-0.05, 0) is 37.3 Å². The summed E-state index contributed by atoms with van der Waals surface area (Å²) >= 11 is 5.89. The lowest BCUT2D eigenvalue weighted by Crippen LogP contribution is -2.30. The number of aromatic nitrogens is 2. The van der Waals surface area contributed by atoms with Crippen LogP contribution in [0.1, 0.15) is 27.6 Å². The molecular formula is C19H17ClN6O2. The predicted octanol–water partition coefficient (Wildman–Crippen LogP) is 3.42. The second-order valence-electron chi connectivity index (χ2n) is 5.84. The average molecular weight is 397 g/mol. The molecule has 1 amide bonds. The number of nitrogens with two attached hydrogens (primary N) is 1. The molecule has 0 aliphatic heterocycles. The van der Waals surface area contributed by atoms with Crippen molar-refractivity contribution in [3.05, 3.63) is 71.0 Å². The zero-order valence-electron chi connectivity index (χ0n) is 14.9. The zero-order valence-corrected chi connectivity index (χ0v) is 15.6. The number of hydrogen-bond acceptors (Lipinski definition) is 7. The molecule has 0 aliphatic rings. The van der Waals surface area contributed by atoms with E-state index in [-0.39, 0.29) is 17.3 Å². The zero-order chi connectivity index (χ0) is 20.1. The van der Waals surface area contributed by atoms with Crippen LogP contribution in [-0.2, 0) is 0 Å². The third-order valence-electron chi connectivity index (χ3n) is 3.80. The third kappa shape index (κ3) is 4.54. The number of nitrogens with zero attached hydrogens (tertiary/aromatic N) is 2. The molecule has 0 fully saturated rings. The van der Waals surface area contributed by atoms with Crippen LogP contribution in [0.25, 0.3) is 0 Å². The lowest BCUT2D eigenvalue weighted by atomic mass is 10.1. The van der Waals surface area contributed by atoms with Gasteiger partial charge in [0.2, 0.25) is 0 Å². The van der Waals surface area contributed by atoms with E-state index in [0.29, 0.717) is 27.7 Å². The van der Waals surface area contributed by atoms with E-state index < -0.39 is 5.91 Å². The van der Waals surface area contributed by atoms with Crippen molar-refractivity contribution >= 4 is 46.3 Å². The van der Waals surface area contributed by atoms with E-state index in [1.807, 2.05) is 0 Å². The van der Waals surface area contributed by atoms with Crippen molar-refractivity contribution < 1.29 is 9.59 Å². The minimum absolute atomic E-state index is 0.0506. The molecule has 5 N–H and O–H groups in total. The van der Waals surface area contributed by atoms with Gasteiger partial charge in [-0.25, -0.2) is 9.97 Å². The van der Waals surface area contributed by atoms with Crippen LogP contribution in [0.15, 0.2) is 54.9 Å². The van der Waals surface area contributed by atoms with Crippen LogP contribution in [0, 0.1) is 0 Å². The summed E-state index contributed by atoms with van der Waals surface area (Å²) in [7, 11) is 0. The maximum absolute atomic E-state index is 12.2. The highest BCUT2D eigenvalue weighted by Gasteiger charge is 2.11. The predicted molar refractivity (Wildman–Crippen MR) is 109 cm³/mol. The second-order valence-corrected chi connectivity index (χ2v) is 6.27. The van der Waals surface area contributed by atoms with E-state index in [9.17, 15) is 9.59 Å². The molecular weight excluding hydrogens is 380 g/mol. The van der Waals surface area contributed by atoms with Gasteiger partial charge >= 0.3 is 0 Å². The van der Waals surface area contributed by atoms with Crippen molar-refractivity contribution in [2.24, 2.45) is 0 Å². The van der Waals surface area contributed by atoms with Crippen LogP contribution in [-0.4, -0.2) is 21.7 Å². The van der Waals surface area contributed by atoms with Gasteiger partial charge in [-0.15, -0.1) is 0 Å². The first-order chi connectivity index (χ1) is 13.4. The highest BCUT2D eigenvalue weighted by Crippen LogP contribution is 2.25. The summed E-state index contributed by atoms with van der Waals surface area (Å²) in [5.41, 5.74) is 13.1. The first-order valence-electron chi connectivity index (χ1n) is 8.24. The molecule has 142 valence electrons. The fraction of sp³-hybridized carbons (Fsp3) is 0.0526. The third-order valence-corrected chi connectivity index (χ3v) is 4.03. The van der Waals surface area contributed by atoms with Gasteiger partial charge in [-0.3, -0.25) is 20.4 Å². The largest absolute Gasteiger partial charge is 0.393 e. The number of nitrogens with one attached hydrogen (secondary N) is 3. The number of hydrazine groups is 1. The minimum Gasteiger partial charge on any atom is -0.393 e. The molecule has 8 nitrogen and oxygen atoms in total. The lowest BCUT2D eigenvalue weighted by molar-refractivity contribution is 0.0961. The summed E-state index contributed by atoms with van der Waals surface area (Å²) in [6.07, 6.45) is 1.29. The Morgan fingerprint density at radius 3 is 2.46 bits per heavy atom. The SMILES string of the molecule is CC(=O)c1cccc(Nc2ncnc(NNC(=O)c3cccc(Cl)c3)c2N)c1. The molecule has 0 saturated heterocycles. The van der Waals surface area contributed by atoms with Gasteiger partial charge in [0.05, 0.1) is 0 Å². The van der Waals surface area contributed by atoms with Crippen molar-refractivity contribution in [1.82, 2.24) is 15.4 Å². The van der Waals surface area contributed by atoms with E-state index >= 15 is 0 Å². The molecule has 9 heteroatoms. The van der Waals surface area contributed by atoms with E-state index in [1.54, 1.807) is 42.5 Å². The van der Waals surface area contributed by atoms with Gasteiger partial charge in [0.25, 0.3) is 5.91 Å². The fourth-order valence-electron chi connectivity index (χ4n) is 2.37. The molecule has 0 atom stereocenters. The molecule has 0 saturated carbocycles. The number of carbonyl (C=O) groups excluding carboxylic acids is 2. The Labute approximate surface area is 166 Å². The van der Waals surface area contributed by atoms with Crippen molar-refractivity contribution in [3.63, 3.8) is 0 Å². The van der Waals surface area contributed by atoms with Gasteiger partial charge in [0.1, 0.15) is 12.0 Å². The van der Waals surface area contributed by atoms with Crippen LogP contribution in [0.5, 0.6) is 0 Å². The number of ketones is 1. The topological polar surface area (TPSA) is 122 Å². The van der Waals surface area contributed by atoms with Crippen LogP contribution in [0.4, 0.5) is 23.0 Å². The van der Waals surface area contributed by atoms with Crippen LogP contribution < -0.4 is 21.9 Å². The molecule has 28 heavy (non-hydrogen) atoms. The quantitative estimate of drug-likeness (QED) is 0.372. The van der Waals surface area contributed by atoms with Gasteiger partial charge in [0, 0.05) is 21.8 Å². The number of halogens is 1. The molecule has 1 aromatic heterocycles. The summed E-state index contributed by atoms with van der Waals surface area (Å²) in [4.78, 5) is 31.8. The van der Waals surface area contributed by atoms with Crippen LogP contribution in [0.2, 0.25) is 5.02 Å². The van der Waals surface area contributed by atoms with Gasteiger partial charge < -0.3 is 11.1 Å². The summed E-state index contributed by atoms with van der Waals surface area (Å²) in [5, 5.41) is 3.49. The highest BCUT2D eigenvalue weighted by molar-refractivity contribution is 6.31. The van der Waals surface area contributed by atoms with Crippen molar-refractivity contribution in [2.75, 3.05) is 16.5 Å². The maximum Gasteiger partial charge on any atom is 0.269 e. The Balaban J connectivity index is 1.73. The Hall–Kier alpha value is -3.65. The molecule has 3 aromatic rings. The Bertz CT molecular complexity index is 1040. The summed E-state index contributed by atoms with van der Waals surface area (Å²) in [6, 6.07) is 13.5. The minimum atomic E-state index is -0.399.